The van der Waals surface area contributed by atoms with Gasteiger partial charge in [0.05, 0.1) is 24.5 Å². The molecule has 7 heteroatoms. The minimum Gasteiger partial charge on any atom is -0.480 e. The van der Waals surface area contributed by atoms with Gasteiger partial charge in [0.2, 0.25) is 5.88 Å². The highest BCUT2D eigenvalue weighted by Crippen LogP contribution is 2.25. The lowest BCUT2D eigenvalue weighted by atomic mass is 10.0. The number of hydrogen-bond acceptors (Lipinski definition) is 5. The van der Waals surface area contributed by atoms with Crippen LogP contribution in [0.25, 0.3) is 0 Å². The second kappa shape index (κ2) is 6.87. The molecule has 0 aromatic carbocycles. The van der Waals surface area contributed by atoms with E-state index in [1.165, 1.54) is 0 Å². The molecule has 6 nitrogen and oxygen atoms in total. The third-order valence-corrected chi connectivity index (χ3v) is 3.83. The molecule has 0 aliphatic carbocycles. The van der Waals surface area contributed by atoms with Crippen LogP contribution in [0, 0.1) is 6.92 Å². The predicted molar refractivity (Wildman–Crippen MR) is 81.7 cm³/mol. The lowest BCUT2D eigenvalue weighted by Crippen LogP contribution is -2.24. The number of aryl methyl sites for hydroxylation is 2. The van der Waals surface area contributed by atoms with E-state index in [4.69, 9.17) is 16.3 Å². The van der Waals surface area contributed by atoms with Crippen molar-refractivity contribution in [3.05, 3.63) is 34.2 Å². The van der Waals surface area contributed by atoms with Crippen molar-refractivity contribution in [2.24, 2.45) is 7.05 Å². The standard InChI is InChI=1S/C14H20ClN5O/c1-5-16-12(11-6-7-13(21-4)18-17-11)8-10-9(2)19-20(3)14(10)15/h6-7,12,16H,5,8H2,1-4H3. The van der Waals surface area contributed by atoms with Gasteiger partial charge in [-0.2, -0.15) is 10.2 Å². The zero-order valence-electron chi connectivity index (χ0n) is 12.7. The van der Waals surface area contributed by atoms with E-state index >= 15 is 0 Å². The minimum absolute atomic E-state index is 0.0359. The van der Waals surface area contributed by atoms with Gasteiger partial charge in [-0.15, -0.1) is 5.10 Å². The summed E-state index contributed by atoms with van der Waals surface area (Å²) in [5.41, 5.74) is 2.83. The average molecular weight is 310 g/mol. The van der Waals surface area contributed by atoms with Gasteiger partial charge in [-0.1, -0.05) is 18.5 Å². The van der Waals surface area contributed by atoms with E-state index < -0.39 is 0 Å². The number of methoxy groups -OCH3 is 1. The molecule has 1 unspecified atom stereocenters. The van der Waals surface area contributed by atoms with Crippen molar-refractivity contribution in [1.29, 1.82) is 0 Å². The number of rotatable bonds is 6. The molecule has 21 heavy (non-hydrogen) atoms. The van der Waals surface area contributed by atoms with Crippen LogP contribution >= 0.6 is 11.6 Å². The Morgan fingerprint density at radius 1 is 1.38 bits per heavy atom. The molecule has 2 heterocycles. The third kappa shape index (κ3) is 3.51. The van der Waals surface area contributed by atoms with Crippen molar-refractivity contribution in [1.82, 2.24) is 25.3 Å². The van der Waals surface area contributed by atoms with E-state index in [0.29, 0.717) is 17.5 Å². The summed E-state index contributed by atoms with van der Waals surface area (Å²) >= 11 is 6.31. The van der Waals surface area contributed by atoms with Crippen LogP contribution in [0.5, 0.6) is 5.88 Å². The van der Waals surface area contributed by atoms with Crippen molar-refractivity contribution in [2.45, 2.75) is 26.3 Å². The summed E-state index contributed by atoms with van der Waals surface area (Å²) in [4.78, 5) is 0. The van der Waals surface area contributed by atoms with E-state index in [-0.39, 0.29) is 6.04 Å². The maximum atomic E-state index is 6.31. The number of aromatic nitrogens is 4. The smallest absolute Gasteiger partial charge is 0.233 e. The van der Waals surface area contributed by atoms with Crippen LogP contribution in [0.3, 0.4) is 0 Å². The summed E-state index contributed by atoms with van der Waals surface area (Å²) in [5, 5.41) is 16.7. The van der Waals surface area contributed by atoms with E-state index in [2.05, 4.69) is 27.5 Å². The van der Waals surface area contributed by atoms with Crippen molar-refractivity contribution in [3.63, 3.8) is 0 Å². The zero-order valence-corrected chi connectivity index (χ0v) is 13.5. The second-order valence-corrected chi connectivity index (χ2v) is 5.15. The van der Waals surface area contributed by atoms with Crippen LogP contribution in [-0.2, 0) is 13.5 Å². The van der Waals surface area contributed by atoms with Crippen LogP contribution in [0.1, 0.15) is 29.9 Å². The third-order valence-electron chi connectivity index (χ3n) is 3.36. The molecule has 0 saturated carbocycles. The van der Waals surface area contributed by atoms with E-state index in [9.17, 15) is 0 Å². The van der Waals surface area contributed by atoms with Crippen molar-refractivity contribution >= 4 is 11.6 Å². The quantitative estimate of drug-likeness (QED) is 0.885. The maximum absolute atomic E-state index is 6.31. The normalized spacial score (nSPS) is 12.4. The van der Waals surface area contributed by atoms with E-state index in [1.807, 2.05) is 26.1 Å². The summed E-state index contributed by atoms with van der Waals surface area (Å²) in [6, 6.07) is 3.76. The molecule has 114 valence electrons. The van der Waals surface area contributed by atoms with Crippen LogP contribution in [0.2, 0.25) is 5.15 Å². The Balaban J connectivity index is 2.25. The molecule has 0 aliphatic rings. The van der Waals surface area contributed by atoms with Crippen LogP contribution in [0.4, 0.5) is 0 Å². The first-order chi connectivity index (χ1) is 10.1. The first-order valence-electron chi connectivity index (χ1n) is 6.85. The first-order valence-corrected chi connectivity index (χ1v) is 7.23. The Morgan fingerprint density at radius 3 is 2.62 bits per heavy atom. The van der Waals surface area contributed by atoms with Gasteiger partial charge in [-0.3, -0.25) is 4.68 Å². The van der Waals surface area contributed by atoms with Crippen LogP contribution in [-0.4, -0.2) is 33.6 Å². The molecule has 2 aromatic heterocycles. The Labute approximate surface area is 129 Å². The number of ether oxygens (including phenoxy) is 1. The fourth-order valence-corrected chi connectivity index (χ4v) is 2.51. The van der Waals surface area contributed by atoms with Gasteiger partial charge < -0.3 is 10.1 Å². The molecular weight excluding hydrogens is 290 g/mol. The highest BCUT2D eigenvalue weighted by atomic mass is 35.5. The average Bonchev–Trinajstić information content (AvgIpc) is 2.73. The number of hydrogen-bond donors (Lipinski definition) is 1. The molecule has 0 spiro atoms. The van der Waals surface area contributed by atoms with Gasteiger partial charge in [-0.05, 0) is 26.0 Å². The molecular formula is C14H20ClN5O. The fraction of sp³-hybridized carbons (Fsp3) is 0.500. The lowest BCUT2D eigenvalue weighted by molar-refractivity contribution is 0.389. The molecule has 0 aliphatic heterocycles. The molecule has 0 radical (unpaired) electrons. The molecule has 1 N–H and O–H groups in total. The van der Waals surface area contributed by atoms with Crippen LogP contribution < -0.4 is 10.1 Å². The summed E-state index contributed by atoms with van der Waals surface area (Å²) in [7, 11) is 3.42. The Bertz CT molecular complexity index is 596. The molecule has 0 bridgehead atoms. The van der Waals surface area contributed by atoms with E-state index in [1.54, 1.807) is 11.8 Å². The van der Waals surface area contributed by atoms with E-state index in [0.717, 1.165) is 23.5 Å². The second-order valence-electron chi connectivity index (χ2n) is 4.79. The summed E-state index contributed by atoms with van der Waals surface area (Å²) < 4.78 is 6.73. The minimum atomic E-state index is 0.0359. The first kappa shape index (κ1) is 15.7. The lowest BCUT2D eigenvalue weighted by Gasteiger charge is -2.17. The highest BCUT2D eigenvalue weighted by Gasteiger charge is 2.19. The predicted octanol–water partition coefficient (Wildman–Crippen LogP) is 2.07. The van der Waals surface area contributed by atoms with Crippen molar-refractivity contribution in [3.8, 4) is 5.88 Å². The molecule has 0 amide bonds. The Kier molecular flexibility index (Phi) is 5.14. The highest BCUT2D eigenvalue weighted by molar-refractivity contribution is 6.30. The number of halogens is 1. The van der Waals surface area contributed by atoms with Crippen molar-refractivity contribution < 1.29 is 4.74 Å². The molecule has 1 atom stereocenters. The monoisotopic (exact) mass is 309 g/mol. The van der Waals surface area contributed by atoms with Crippen LogP contribution in [0.15, 0.2) is 12.1 Å². The molecule has 2 aromatic rings. The molecule has 0 saturated heterocycles. The molecule has 2 rings (SSSR count). The summed E-state index contributed by atoms with van der Waals surface area (Å²) in [6.07, 6.45) is 0.716. The van der Waals surface area contributed by atoms with Gasteiger partial charge in [0, 0.05) is 18.7 Å². The number of likely N-dealkylation sites (N-methyl/N-ethyl adjacent to an activating group) is 1. The van der Waals surface area contributed by atoms with Gasteiger partial charge in [0.25, 0.3) is 0 Å². The number of nitrogens with one attached hydrogen (secondary N) is 1. The van der Waals surface area contributed by atoms with Gasteiger partial charge in [0.1, 0.15) is 5.15 Å². The fourth-order valence-electron chi connectivity index (χ4n) is 2.26. The molecule has 0 fully saturated rings. The SMILES string of the molecule is CCNC(Cc1c(C)nn(C)c1Cl)c1ccc(OC)nn1. The topological polar surface area (TPSA) is 64.9 Å². The Morgan fingerprint density at radius 2 is 2.14 bits per heavy atom. The maximum Gasteiger partial charge on any atom is 0.233 e. The van der Waals surface area contributed by atoms with Crippen molar-refractivity contribution in [2.75, 3.05) is 13.7 Å². The zero-order chi connectivity index (χ0) is 15.4. The summed E-state index contributed by atoms with van der Waals surface area (Å²) in [6.45, 7) is 4.85. The van der Waals surface area contributed by atoms with Gasteiger partial charge in [0.15, 0.2) is 0 Å². The Hall–Kier alpha value is -1.66. The van der Waals surface area contributed by atoms with Gasteiger partial charge in [-0.25, -0.2) is 0 Å². The summed E-state index contributed by atoms with van der Waals surface area (Å²) in [5.74, 6) is 0.504. The van der Waals surface area contributed by atoms with Gasteiger partial charge >= 0.3 is 0 Å². The number of nitrogens with zero attached hydrogens (tertiary/aromatic N) is 4. The largest absolute Gasteiger partial charge is 0.480 e.